The maximum absolute atomic E-state index is 12.4. The molecule has 3 rings (SSSR count). The monoisotopic (exact) mass is 449 g/mol. The van der Waals surface area contributed by atoms with Gasteiger partial charge < -0.3 is 4.90 Å². The molecule has 1 N–H and O–H groups in total. The van der Waals surface area contributed by atoms with Gasteiger partial charge in [0, 0.05) is 23.4 Å². The second kappa shape index (κ2) is 8.57. The Kier molecular flexibility index (Phi) is 6.18. The van der Waals surface area contributed by atoms with Crippen LogP contribution in [0.25, 0.3) is 0 Å². The van der Waals surface area contributed by atoms with Crippen LogP contribution >= 0.6 is 38.6 Å². The van der Waals surface area contributed by atoms with Crippen LogP contribution in [0.3, 0.4) is 0 Å². The number of thiazole rings is 1. The van der Waals surface area contributed by atoms with Gasteiger partial charge in [-0.1, -0.05) is 40.2 Å². The fraction of sp³-hybridized carbons (Fsp3) is 0.167. The second-order valence-electron chi connectivity index (χ2n) is 5.59. The molecule has 0 aliphatic carbocycles. The minimum Gasteiger partial charge on any atom is -0.341 e. The van der Waals surface area contributed by atoms with Crippen molar-refractivity contribution in [1.29, 1.82) is 0 Å². The van der Waals surface area contributed by atoms with Crippen molar-refractivity contribution in [3.8, 4) is 0 Å². The van der Waals surface area contributed by atoms with E-state index in [0.29, 0.717) is 22.2 Å². The first-order valence-electron chi connectivity index (χ1n) is 7.79. The number of nitrogens with zero attached hydrogens (tertiary/aromatic N) is 2. The lowest BCUT2D eigenvalue weighted by Crippen LogP contribution is -2.28. The van der Waals surface area contributed by atoms with Crippen LogP contribution in [0.5, 0.6) is 0 Å². The van der Waals surface area contributed by atoms with Crippen molar-refractivity contribution in [1.82, 2.24) is 9.88 Å². The summed E-state index contributed by atoms with van der Waals surface area (Å²) in [5.41, 5.74) is 1.70. The van der Waals surface area contributed by atoms with E-state index in [1.807, 2.05) is 35.7 Å². The van der Waals surface area contributed by atoms with Crippen LogP contribution in [0, 0.1) is 0 Å². The number of thiophene rings is 1. The van der Waals surface area contributed by atoms with Crippen molar-refractivity contribution in [3.63, 3.8) is 0 Å². The van der Waals surface area contributed by atoms with E-state index in [9.17, 15) is 9.59 Å². The summed E-state index contributed by atoms with van der Waals surface area (Å²) in [6.45, 7) is 0.520. The Bertz CT molecular complexity index is 909. The molecule has 0 aliphatic rings. The summed E-state index contributed by atoms with van der Waals surface area (Å²) in [6, 6.07) is 11.4. The summed E-state index contributed by atoms with van der Waals surface area (Å²) < 4.78 is 0.979. The number of nitrogens with one attached hydrogen (secondary N) is 1. The van der Waals surface area contributed by atoms with Gasteiger partial charge in [0.1, 0.15) is 0 Å². The van der Waals surface area contributed by atoms with E-state index in [1.54, 1.807) is 23.4 Å². The lowest BCUT2D eigenvalue weighted by Gasteiger charge is -2.17. The highest BCUT2D eigenvalue weighted by Crippen LogP contribution is 2.20. The van der Waals surface area contributed by atoms with Gasteiger partial charge in [0.05, 0.1) is 17.0 Å². The van der Waals surface area contributed by atoms with Gasteiger partial charge in [-0.3, -0.25) is 14.9 Å². The lowest BCUT2D eigenvalue weighted by molar-refractivity contribution is -0.129. The van der Waals surface area contributed by atoms with Crippen LogP contribution in [0.4, 0.5) is 5.13 Å². The van der Waals surface area contributed by atoms with Gasteiger partial charge in [0.25, 0.3) is 5.91 Å². The highest BCUT2D eigenvalue weighted by molar-refractivity contribution is 9.10. The topological polar surface area (TPSA) is 62.3 Å². The molecule has 2 heterocycles. The van der Waals surface area contributed by atoms with Crippen molar-refractivity contribution in [2.45, 2.75) is 13.0 Å². The summed E-state index contributed by atoms with van der Waals surface area (Å²) in [6.07, 6.45) is 0.201. The van der Waals surface area contributed by atoms with Crippen molar-refractivity contribution in [2.75, 3.05) is 12.4 Å². The van der Waals surface area contributed by atoms with E-state index >= 15 is 0 Å². The smallest absolute Gasteiger partial charge is 0.267 e. The summed E-state index contributed by atoms with van der Waals surface area (Å²) in [5, 5.41) is 6.91. The third-order valence-corrected chi connectivity index (χ3v) is 6.09. The fourth-order valence-electron chi connectivity index (χ4n) is 2.27. The molecule has 3 aromatic rings. The molecule has 26 heavy (non-hydrogen) atoms. The van der Waals surface area contributed by atoms with E-state index in [-0.39, 0.29) is 18.2 Å². The number of hydrogen-bond donors (Lipinski definition) is 1. The number of benzene rings is 1. The molecule has 0 saturated carbocycles. The van der Waals surface area contributed by atoms with Crippen molar-refractivity contribution in [3.05, 3.63) is 67.8 Å². The van der Waals surface area contributed by atoms with Gasteiger partial charge in [-0.2, -0.15) is 0 Å². The average molecular weight is 450 g/mol. The molecule has 5 nitrogen and oxygen atoms in total. The first kappa shape index (κ1) is 18.8. The van der Waals surface area contributed by atoms with E-state index in [2.05, 4.69) is 26.2 Å². The zero-order chi connectivity index (χ0) is 18.5. The van der Waals surface area contributed by atoms with Gasteiger partial charge in [0.2, 0.25) is 5.91 Å². The van der Waals surface area contributed by atoms with Gasteiger partial charge >= 0.3 is 0 Å². The number of carbonyl (C=O) groups excluding carboxylic acids is 2. The summed E-state index contributed by atoms with van der Waals surface area (Å²) >= 11 is 6.19. The van der Waals surface area contributed by atoms with Crippen LogP contribution in [-0.4, -0.2) is 28.7 Å². The van der Waals surface area contributed by atoms with Gasteiger partial charge in [-0.15, -0.1) is 22.7 Å². The highest BCUT2D eigenvalue weighted by Gasteiger charge is 2.15. The molecule has 0 atom stereocenters. The maximum Gasteiger partial charge on any atom is 0.267 e. The van der Waals surface area contributed by atoms with Crippen molar-refractivity contribution in [2.24, 2.45) is 0 Å². The quantitative estimate of drug-likeness (QED) is 0.605. The van der Waals surface area contributed by atoms with E-state index < -0.39 is 0 Å². The first-order chi connectivity index (χ1) is 12.5. The van der Waals surface area contributed by atoms with Crippen molar-refractivity contribution < 1.29 is 9.59 Å². The standard InChI is InChI=1S/C18H16BrN3O2S2/c1-22(10-12-5-2-3-6-14(12)19)16(23)9-13-11-26-18(20-13)21-17(24)15-7-4-8-25-15/h2-8,11H,9-10H2,1H3,(H,20,21,24). The Morgan fingerprint density at radius 3 is 2.73 bits per heavy atom. The molecule has 2 amide bonds. The molecule has 0 bridgehead atoms. The molecule has 0 radical (unpaired) electrons. The van der Waals surface area contributed by atoms with Crippen molar-refractivity contribution >= 4 is 55.5 Å². The van der Waals surface area contributed by atoms with E-state index in [0.717, 1.165) is 10.0 Å². The molecule has 0 saturated heterocycles. The predicted molar refractivity (Wildman–Crippen MR) is 109 cm³/mol. The minimum absolute atomic E-state index is 0.0258. The van der Waals surface area contributed by atoms with Gasteiger partial charge in [0.15, 0.2) is 5.13 Å². The molecule has 1 aromatic carbocycles. The minimum atomic E-state index is -0.182. The average Bonchev–Trinajstić information content (AvgIpc) is 3.29. The predicted octanol–water partition coefficient (Wildman–Crippen LogP) is 4.42. The van der Waals surface area contributed by atoms with Crippen LogP contribution in [0.1, 0.15) is 20.9 Å². The third-order valence-electron chi connectivity index (χ3n) is 3.64. The summed E-state index contributed by atoms with van der Waals surface area (Å²) in [7, 11) is 1.77. The van der Waals surface area contributed by atoms with E-state index in [4.69, 9.17) is 0 Å². The molecule has 8 heteroatoms. The number of amides is 2. The van der Waals surface area contributed by atoms with Crippen LogP contribution in [0.15, 0.2) is 51.6 Å². The molecule has 0 unspecified atom stereocenters. The third kappa shape index (κ3) is 4.78. The first-order valence-corrected chi connectivity index (χ1v) is 10.3. The summed E-state index contributed by atoms with van der Waals surface area (Å²) in [5.74, 6) is -0.208. The second-order valence-corrected chi connectivity index (χ2v) is 8.25. The van der Waals surface area contributed by atoms with E-state index in [1.165, 1.54) is 22.7 Å². The number of carbonyl (C=O) groups is 2. The normalized spacial score (nSPS) is 10.5. The number of hydrogen-bond acceptors (Lipinski definition) is 5. The Hall–Kier alpha value is -2.03. The van der Waals surface area contributed by atoms with Crippen LogP contribution in [-0.2, 0) is 17.8 Å². The largest absolute Gasteiger partial charge is 0.341 e. The highest BCUT2D eigenvalue weighted by atomic mass is 79.9. The number of halogens is 1. The molecule has 2 aromatic heterocycles. The van der Waals surface area contributed by atoms with Gasteiger partial charge in [-0.25, -0.2) is 4.98 Å². The number of anilines is 1. The Balaban J connectivity index is 1.57. The molecular formula is C18H16BrN3O2S2. The Morgan fingerprint density at radius 2 is 2.00 bits per heavy atom. The van der Waals surface area contributed by atoms with Crippen LogP contribution in [0.2, 0.25) is 0 Å². The number of likely N-dealkylation sites (N-methyl/N-ethyl adjacent to an activating group) is 1. The lowest BCUT2D eigenvalue weighted by atomic mass is 10.2. The molecule has 0 spiro atoms. The van der Waals surface area contributed by atoms with Gasteiger partial charge in [-0.05, 0) is 23.1 Å². The zero-order valence-electron chi connectivity index (χ0n) is 13.9. The molecular weight excluding hydrogens is 434 g/mol. The SMILES string of the molecule is CN(Cc1ccccc1Br)C(=O)Cc1csc(NC(=O)c2cccs2)n1. The fourth-order valence-corrected chi connectivity index (χ4v) is 4.01. The molecule has 134 valence electrons. The summed E-state index contributed by atoms with van der Waals surface area (Å²) in [4.78, 5) is 31.1. The molecule has 0 aliphatic heterocycles. The molecule has 0 fully saturated rings. The Labute approximate surface area is 167 Å². The Morgan fingerprint density at radius 1 is 1.19 bits per heavy atom. The zero-order valence-corrected chi connectivity index (χ0v) is 17.2. The number of aromatic nitrogens is 1. The van der Waals surface area contributed by atoms with Crippen LogP contribution < -0.4 is 5.32 Å². The number of rotatable bonds is 6. The maximum atomic E-state index is 12.4.